The van der Waals surface area contributed by atoms with Crippen molar-refractivity contribution in [3.63, 3.8) is 0 Å². The third kappa shape index (κ3) is 3.93. The molecule has 8 nitrogen and oxygen atoms in total. The van der Waals surface area contributed by atoms with E-state index >= 15 is 0 Å². The van der Waals surface area contributed by atoms with E-state index in [2.05, 4.69) is 4.72 Å². The molecular weight excluding hydrogens is 438 g/mol. The van der Waals surface area contributed by atoms with Gasteiger partial charge in [0.15, 0.2) is 0 Å². The van der Waals surface area contributed by atoms with Crippen molar-refractivity contribution in [3.8, 4) is 6.07 Å². The summed E-state index contributed by atoms with van der Waals surface area (Å²) in [5, 5.41) is 10.6. The number of nitrogens with zero attached hydrogens (tertiary/aromatic N) is 1. The normalized spacial score (nSPS) is 15.2. The summed E-state index contributed by atoms with van der Waals surface area (Å²) < 4.78 is 52.3. The number of hydrogen-bond acceptors (Lipinski definition) is 6. The van der Waals surface area contributed by atoms with E-state index in [1.54, 1.807) is 5.43 Å². The summed E-state index contributed by atoms with van der Waals surface area (Å²) >= 11 is 7.17. The van der Waals surface area contributed by atoms with Crippen molar-refractivity contribution in [3.05, 3.63) is 28.1 Å². The van der Waals surface area contributed by atoms with Gasteiger partial charge in [0, 0.05) is 10.8 Å². The van der Waals surface area contributed by atoms with Crippen LogP contribution in [0, 0.1) is 11.3 Å². The highest BCUT2D eigenvalue weighted by molar-refractivity contribution is 7.89. The van der Waals surface area contributed by atoms with Crippen LogP contribution in [-0.4, -0.2) is 32.2 Å². The van der Waals surface area contributed by atoms with Gasteiger partial charge in [0.1, 0.15) is 5.54 Å². The number of alkyl halides is 2. The average Bonchev–Trinajstić information content (AvgIpc) is 3.25. The lowest BCUT2D eigenvalue weighted by Gasteiger charge is -2.11. The zero-order chi connectivity index (χ0) is 20.7. The van der Waals surface area contributed by atoms with E-state index in [4.69, 9.17) is 16.9 Å². The molecule has 0 radical (unpaired) electrons. The molecule has 2 amide bonds. The van der Waals surface area contributed by atoms with Gasteiger partial charge in [-0.2, -0.15) is 18.8 Å². The zero-order valence-electron chi connectivity index (χ0n) is 13.8. The lowest BCUT2D eigenvalue weighted by Crippen LogP contribution is -2.44. The average molecular weight is 449 g/mol. The fourth-order valence-electron chi connectivity index (χ4n) is 2.32. The third-order valence-corrected chi connectivity index (χ3v) is 6.90. The molecule has 1 aliphatic rings. The Morgan fingerprint density at radius 3 is 2.54 bits per heavy atom. The molecule has 0 spiro atoms. The maximum absolute atomic E-state index is 12.6. The highest BCUT2D eigenvalue weighted by atomic mass is 35.5. The maximum Gasteiger partial charge on any atom is 0.317 e. The van der Waals surface area contributed by atoms with Gasteiger partial charge in [0.25, 0.3) is 5.91 Å². The lowest BCUT2D eigenvalue weighted by atomic mass is 10.2. The quantitative estimate of drug-likeness (QED) is 0.602. The SMILES string of the molecule is N#CC1(NS(=O)(=O)c2cc(Cl)c3scc(C(=O)NNC(=O)C(F)F)c3c2)CC1. The van der Waals surface area contributed by atoms with Crippen LogP contribution >= 0.6 is 22.9 Å². The Kier molecular flexibility index (Phi) is 5.28. The largest absolute Gasteiger partial charge is 0.317 e. The summed E-state index contributed by atoms with van der Waals surface area (Å²) in [6, 6.07) is 4.29. The van der Waals surface area contributed by atoms with E-state index in [-0.39, 0.29) is 20.9 Å². The molecule has 1 heterocycles. The second-order valence-electron chi connectivity index (χ2n) is 5.97. The van der Waals surface area contributed by atoms with Gasteiger partial charge in [0.05, 0.1) is 26.3 Å². The minimum absolute atomic E-state index is 0.0559. The number of hydrogen-bond donors (Lipinski definition) is 3. The van der Waals surface area contributed by atoms with E-state index in [1.807, 2.05) is 11.5 Å². The number of benzene rings is 1. The Hall–Kier alpha value is -2.33. The molecule has 1 fully saturated rings. The number of thiophene rings is 1. The number of nitriles is 1. The lowest BCUT2D eigenvalue weighted by molar-refractivity contribution is -0.132. The summed E-state index contributed by atoms with van der Waals surface area (Å²) in [5.74, 6) is -2.61. The van der Waals surface area contributed by atoms with Crippen LogP contribution in [0.5, 0.6) is 0 Å². The summed E-state index contributed by atoms with van der Waals surface area (Å²) in [4.78, 5) is 22.8. The molecule has 3 N–H and O–H groups in total. The van der Waals surface area contributed by atoms with Crippen LogP contribution in [0.4, 0.5) is 8.78 Å². The summed E-state index contributed by atoms with van der Waals surface area (Å²) in [5.41, 5.74) is 2.18. The number of hydrazine groups is 1. The van der Waals surface area contributed by atoms with E-state index < -0.39 is 33.8 Å². The molecule has 2 aromatic rings. The molecule has 0 aliphatic heterocycles. The van der Waals surface area contributed by atoms with Crippen LogP contribution in [0.1, 0.15) is 23.2 Å². The number of fused-ring (bicyclic) bond motifs is 1. The molecule has 13 heteroatoms. The topological polar surface area (TPSA) is 128 Å². The fourth-order valence-corrected chi connectivity index (χ4v) is 5.10. The first kappa shape index (κ1) is 20.4. The molecule has 1 aromatic carbocycles. The first-order valence-electron chi connectivity index (χ1n) is 7.63. The molecule has 28 heavy (non-hydrogen) atoms. The van der Waals surface area contributed by atoms with E-state index in [0.717, 1.165) is 11.3 Å². The van der Waals surface area contributed by atoms with Crippen molar-refractivity contribution < 1.29 is 26.8 Å². The smallest absolute Gasteiger partial charge is 0.267 e. The van der Waals surface area contributed by atoms with E-state index in [1.165, 1.54) is 17.5 Å². The van der Waals surface area contributed by atoms with E-state index in [0.29, 0.717) is 17.5 Å². The molecule has 0 saturated heterocycles. The van der Waals surface area contributed by atoms with Gasteiger partial charge < -0.3 is 0 Å². The van der Waals surface area contributed by atoms with Crippen molar-refractivity contribution in [2.45, 2.75) is 29.7 Å². The number of carbonyl (C=O) groups is 2. The van der Waals surface area contributed by atoms with Crippen molar-refractivity contribution in [2.24, 2.45) is 0 Å². The molecule has 148 valence electrons. The minimum Gasteiger partial charge on any atom is -0.267 e. The van der Waals surface area contributed by atoms with Crippen LogP contribution in [-0.2, 0) is 14.8 Å². The summed E-state index contributed by atoms with van der Waals surface area (Å²) in [7, 11) is -4.09. The van der Waals surface area contributed by atoms with Gasteiger partial charge in [-0.3, -0.25) is 20.4 Å². The molecule has 1 aliphatic carbocycles. The van der Waals surface area contributed by atoms with Crippen LogP contribution in [0.15, 0.2) is 22.4 Å². The Balaban J connectivity index is 1.94. The van der Waals surface area contributed by atoms with Crippen molar-refractivity contribution >= 4 is 54.9 Å². The monoisotopic (exact) mass is 448 g/mol. The van der Waals surface area contributed by atoms with Crippen molar-refractivity contribution in [2.75, 3.05) is 0 Å². The number of nitrogens with one attached hydrogen (secondary N) is 3. The first-order chi connectivity index (χ1) is 13.1. The van der Waals surface area contributed by atoms with Gasteiger partial charge in [-0.05, 0) is 25.0 Å². The van der Waals surface area contributed by atoms with Crippen molar-refractivity contribution in [1.82, 2.24) is 15.6 Å². The third-order valence-electron chi connectivity index (χ3n) is 3.95. The van der Waals surface area contributed by atoms with Crippen LogP contribution in [0.3, 0.4) is 0 Å². The molecular formula is C15H11ClF2N4O4S2. The maximum atomic E-state index is 12.6. The standard InChI is InChI=1S/C15H11ClF2N4O4S2/c16-10-4-7(28(25,26)22-15(6-19)1-2-15)3-8-9(5-27-11(8)10)13(23)20-21-14(24)12(17)18/h3-5,12,22H,1-2H2,(H,20,23)(H,21,24). The molecule has 0 atom stereocenters. The molecule has 1 saturated carbocycles. The van der Waals surface area contributed by atoms with E-state index in [9.17, 15) is 26.8 Å². The highest BCUT2D eigenvalue weighted by Gasteiger charge is 2.46. The Morgan fingerprint density at radius 1 is 1.29 bits per heavy atom. The van der Waals surface area contributed by atoms with Gasteiger partial charge in [-0.15, -0.1) is 11.3 Å². The van der Waals surface area contributed by atoms with Crippen molar-refractivity contribution in [1.29, 1.82) is 5.26 Å². The number of amides is 2. The Morgan fingerprint density at radius 2 is 1.96 bits per heavy atom. The van der Waals surface area contributed by atoms with Gasteiger partial charge in [0.2, 0.25) is 10.0 Å². The zero-order valence-corrected chi connectivity index (χ0v) is 16.1. The molecule has 0 unspecified atom stereocenters. The molecule has 1 aromatic heterocycles. The molecule has 3 rings (SSSR count). The number of halogens is 3. The van der Waals surface area contributed by atoms with Gasteiger partial charge >= 0.3 is 12.3 Å². The van der Waals surface area contributed by atoms with Crippen LogP contribution < -0.4 is 15.6 Å². The molecule has 0 bridgehead atoms. The second kappa shape index (κ2) is 7.25. The second-order valence-corrected chi connectivity index (χ2v) is 8.94. The Labute approximate surface area is 166 Å². The highest BCUT2D eigenvalue weighted by Crippen LogP contribution is 2.38. The number of carbonyl (C=O) groups excluding carboxylic acids is 2. The fraction of sp³-hybridized carbons (Fsp3) is 0.267. The van der Waals surface area contributed by atoms with Gasteiger partial charge in [-0.1, -0.05) is 11.6 Å². The summed E-state index contributed by atoms with van der Waals surface area (Å²) in [6.07, 6.45) is -2.55. The first-order valence-corrected chi connectivity index (χ1v) is 10.4. The van der Waals surface area contributed by atoms with Crippen LogP contribution in [0.25, 0.3) is 10.1 Å². The Bertz CT molecular complexity index is 1120. The number of sulfonamides is 1. The van der Waals surface area contributed by atoms with Crippen LogP contribution in [0.2, 0.25) is 5.02 Å². The number of rotatable bonds is 5. The predicted octanol–water partition coefficient (Wildman–Crippen LogP) is 1.92. The van der Waals surface area contributed by atoms with Gasteiger partial charge in [-0.25, -0.2) is 8.42 Å². The summed E-state index contributed by atoms with van der Waals surface area (Å²) in [6.45, 7) is 0. The minimum atomic E-state index is -4.09. The predicted molar refractivity (Wildman–Crippen MR) is 96.3 cm³/mol.